The molecule has 5 nitrogen and oxygen atoms in total. The van der Waals surface area contributed by atoms with Crippen LogP contribution in [0.25, 0.3) is 22.2 Å². The number of hydrogen-bond donors (Lipinski definition) is 0. The lowest BCUT2D eigenvalue weighted by atomic mass is 10.0. The van der Waals surface area contributed by atoms with Gasteiger partial charge in [-0.25, -0.2) is 13.8 Å². The molecular weight excluding hydrogens is 364 g/mol. The Morgan fingerprint density at radius 3 is 2.32 bits per heavy atom. The highest BCUT2D eigenvalue weighted by Crippen LogP contribution is 2.36. The van der Waals surface area contributed by atoms with Gasteiger partial charge in [-0.3, -0.25) is 0 Å². The first-order chi connectivity index (χ1) is 13.5. The van der Waals surface area contributed by atoms with Crippen molar-refractivity contribution in [2.75, 3.05) is 14.2 Å². The second-order valence-corrected chi connectivity index (χ2v) is 5.32. The SMILES string of the molecule is C=C/C=C(\C=C)c1nc2c(F)c(C(OC)=C(C#N)C#N)ccc2c(OC)c1F. The molecule has 7 heteroatoms. The standard InChI is InChI=1S/C21H15F2N3O2/c1-5-7-12(6-2)18-17(23)21(28-4)15-9-8-14(16(22)19(15)26-18)20(27-3)13(10-24)11-25/h5-9H,1-2H2,3-4H3/b12-7+. The van der Waals surface area contributed by atoms with E-state index in [1.165, 1.54) is 44.6 Å². The maximum atomic E-state index is 15.3. The second-order valence-electron chi connectivity index (χ2n) is 5.32. The Bertz CT molecular complexity index is 1100. The highest BCUT2D eigenvalue weighted by Gasteiger charge is 2.23. The van der Waals surface area contributed by atoms with E-state index in [0.29, 0.717) is 0 Å². The van der Waals surface area contributed by atoms with Gasteiger partial charge in [0.05, 0.1) is 19.8 Å². The molecule has 1 aromatic carbocycles. The first-order valence-electron chi connectivity index (χ1n) is 7.89. The van der Waals surface area contributed by atoms with Crippen LogP contribution in [0.2, 0.25) is 0 Å². The Kier molecular flexibility index (Phi) is 6.26. The number of hydrogen-bond acceptors (Lipinski definition) is 5. The molecule has 28 heavy (non-hydrogen) atoms. The summed E-state index contributed by atoms with van der Waals surface area (Å²) in [7, 11) is 2.46. The van der Waals surface area contributed by atoms with E-state index in [1.54, 1.807) is 12.1 Å². The topological polar surface area (TPSA) is 78.9 Å². The average molecular weight is 379 g/mol. The van der Waals surface area contributed by atoms with Gasteiger partial charge in [-0.15, -0.1) is 0 Å². The molecule has 2 rings (SSSR count). The van der Waals surface area contributed by atoms with Crippen molar-refractivity contribution in [3.63, 3.8) is 0 Å². The zero-order chi connectivity index (χ0) is 20.8. The molecule has 1 heterocycles. The average Bonchev–Trinajstić information content (AvgIpc) is 2.71. The summed E-state index contributed by atoms with van der Waals surface area (Å²) in [6, 6.07) is 5.95. The van der Waals surface area contributed by atoms with Crippen LogP contribution >= 0.6 is 0 Å². The van der Waals surface area contributed by atoms with Gasteiger partial charge in [-0.05, 0) is 12.1 Å². The molecule has 0 saturated carbocycles. The van der Waals surface area contributed by atoms with Crippen LogP contribution in [0, 0.1) is 34.3 Å². The van der Waals surface area contributed by atoms with Crippen LogP contribution in [-0.4, -0.2) is 19.2 Å². The van der Waals surface area contributed by atoms with Gasteiger partial charge in [0.15, 0.2) is 28.7 Å². The van der Waals surface area contributed by atoms with Gasteiger partial charge in [0, 0.05) is 11.0 Å². The second kappa shape index (κ2) is 8.61. The fraction of sp³-hybridized carbons (Fsp3) is 0.0952. The lowest BCUT2D eigenvalue weighted by molar-refractivity contribution is 0.366. The summed E-state index contributed by atoms with van der Waals surface area (Å²) in [6.07, 6.45) is 4.24. The summed E-state index contributed by atoms with van der Waals surface area (Å²) in [4.78, 5) is 4.10. The number of benzene rings is 1. The first kappa shape index (κ1) is 20.3. The number of nitriles is 2. The van der Waals surface area contributed by atoms with E-state index < -0.39 is 17.2 Å². The molecule has 0 radical (unpaired) electrons. The number of fused-ring (bicyclic) bond motifs is 1. The van der Waals surface area contributed by atoms with Gasteiger partial charge in [0.2, 0.25) is 0 Å². The lowest BCUT2D eigenvalue weighted by Gasteiger charge is -2.14. The normalized spacial score (nSPS) is 10.6. The fourth-order valence-corrected chi connectivity index (χ4v) is 2.65. The number of allylic oxidation sites excluding steroid dienone is 5. The van der Waals surface area contributed by atoms with Crippen molar-refractivity contribution in [2.24, 2.45) is 0 Å². The third-order valence-electron chi connectivity index (χ3n) is 3.89. The van der Waals surface area contributed by atoms with Gasteiger partial charge in [0.1, 0.15) is 23.3 Å². The van der Waals surface area contributed by atoms with E-state index in [9.17, 15) is 4.39 Å². The maximum Gasteiger partial charge on any atom is 0.191 e. The molecule has 0 unspecified atom stereocenters. The van der Waals surface area contributed by atoms with Crippen molar-refractivity contribution in [3.8, 4) is 17.9 Å². The van der Waals surface area contributed by atoms with Crippen LogP contribution in [0.1, 0.15) is 11.3 Å². The quantitative estimate of drug-likeness (QED) is 0.414. The molecular formula is C21H15F2N3O2. The molecule has 1 aromatic heterocycles. The minimum atomic E-state index is -0.890. The minimum Gasteiger partial charge on any atom is -0.494 e. The van der Waals surface area contributed by atoms with Crippen molar-refractivity contribution >= 4 is 22.2 Å². The number of nitrogens with zero attached hydrogens (tertiary/aromatic N) is 3. The Morgan fingerprint density at radius 1 is 1.14 bits per heavy atom. The van der Waals surface area contributed by atoms with Gasteiger partial charge < -0.3 is 9.47 Å². The molecule has 0 aliphatic carbocycles. The summed E-state index contributed by atoms with van der Waals surface area (Å²) >= 11 is 0. The number of halogens is 2. The van der Waals surface area contributed by atoms with Gasteiger partial charge in [-0.2, -0.15) is 10.5 Å². The van der Waals surface area contributed by atoms with Crippen molar-refractivity contribution in [3.05, 3.63) is 72.0 Å². The van der Waals surface area contributed by atoms with Crippen molar-refractivity contribution in [2.45, 2.75) is 0 Å². The molecule has 0 fully saturated rings. The number of methoxy groups -OCH3 is 2. The smallest absolute Gasteiger partial charge is 0.191 e. The monoisotopic (exact) mass is 379 g/mol. The molecule has 0 amide bonds. The number of rotatable bonds is 6. The van der Waals surface area contributed by atoms with E-state index in [2.05, 4.69) is 18.1 Å². The Hall–Kier alpha value is -3.97. The number of aromatic nitrogens is 1. The largest absolute Gasteiger partial charge is 0.494 e. The molecule has 140 valence electrons. The third kappa shape index (κ3) is 3.34. The first-order valence-corrected chi connectivity index (χ1v) is 7.89. The van der Waals surface area contributed by atoms with Crippen LogP contribution < -0.4 is 4.74 Å². The Morgan fingerprint density at radius 2 is 1.82 bits per heavy atom. The highest BCUT2D eigenvalue weighted by atomic mass is 19.1. The predicted octanol–water partition coefficient (Wildman–Crippen LogP) is 4.68. The van der Waals surface area contributed by atoms with Gasteiger partial charge >= 0.3 is 0 Å². The molecule has 0 N–H and O–H groups in total. The third-order valence-corrected chi connectivity index (χ3v) is 3.89. The van der Waals surface area contributed by atoms with Crippen LogP contribution in [0.4, 0.5) is 8.78 Å². The summed E-state index contributed by atoms with van der Waals surface area (Å²) < 4.78 is 40.4. The molecule has 0 aliphatic heterocycles. The molecule has 0 spiro atoms. The number of pyridine rings is 1. The summed E-state index contributed by atoms with van der Waals surface area (Å²) in [5, 5.41) is 18.2. The molecule has 2 aromatic rings. The molecule has 0 atom stereocenters. The number of ether oxygens (including phenoxy) is 2. The van der Waals surface area contributed by atoms with Crippen LogP contribution in [-0.2, 0) is 4.74 Å². The fourth-order valence-electron chi connectivity index (χ4n) is 2.65. The lowest BCUT2D eigenvalue weighted by Crippen LogP contribution is -2.03. The van der Waals surface area contributed by atoms with Crippen LogP contribution in [0.5, 0.6) is 5.75 Å². The van der Waals surface area contributed by atoms with Crippen LogP contribution in [0.3, 0.4) is 0 Å². The Balaban J connectivity index is 3.00. The molecule has 0 aliphatic rings. The molecule has 0 bridgehead atoms. The summed E-state index contributed by atoms with van der Waals surface area (Å²) in [5.41, 5.74) is -0.692. The zero-order valence-corrected chi connectivity index (χ0v) is 15.2. The Labute approximate surface area is 160 Å². The highest BCUT2D eigenvalue weighted by molar-refractivity contribution is 5.92. The van der Waals surface area contributed by atoms with E-state index in [1.807, 2.05) is 0 Å². The van der Waals surface area contributed by atoms with E-state index in [-0.39, 0.29) is 39.2 Å². The van der Waals surface area contributed by atoms with Gasteiger partial charge in [0.25, 0.3) is 0 Å². The predicted molar refractivity (Wildman–Crippen MR) is 102 cm³/mol. The summed E-state index contributed by atoms with van der Waals surface area (Å²) in [5.74, 6) is -2.13. The zero-order valence-electron chi connectivity index (χ0n) is 15.2. The minimum absolute atomic E-state index is 0.0814. The summed E-state index contributed by atoms with van der Waals surface area (Å²) in [6.45, 7) is 7.15. The van der Waals surface area contributed by atoms with Crippen LogP contribution in [0.15, 0.2) is 49.1 Å². The van der Waals surface area contributed by atoms with E-state index in [0.717, 1.165) is 0 Å². The van der Waals surface area contributed by atoms with E-state index >= 15 is 4.39 Å². The van der Waals surface area contributed by atoms with Crippen molar-refractivity contribution < 1.29 is 18.3 Å². The van der Waals surface area contributed by atoms with Crippen molar-refractivity contribution in [1.29, 1.82) is 10.5 Å². The van der Waals surface area contributed by atoms with E-state index in [4.69, 9.17) is 20.0 Å². The van der Waals surface area contributed by atoms with Crippen molar-refractivity contribution in [1.82, 2.24) is 4.98 Å². The molecule has 0 saturated heterocycles. The maximum absolute atomic E-state index is 15.3. The van der Waals surface area contributed by atoms with Gasteiger partial charge in [-0.1, -0.05) is 31.4 Å².